The molecule has 2 aromatic rings. The highest BCUT2D eigenvalue weighted by Gasteiger charge is 2.07. The second-order valence-corrected chi connectivity index (χ2v) is 3.26. The molecule has 0 atom stereocenters. The van der Waals surface area contributed by atoms with Crippen molar-refractivity contribution in [3.63, 3.8) is 0 Å². The van der Waals surface area contributed by atoms with E-state index in [0.717, 1.165) is 16.6 Å². The maximum absolute atomic E-state index is 10.5. The summed E-state index contributed by atoms with van der Waals surface area (Å²) in [5.74, 6) is 0. The van der Waals surface area contributed by atoms with E-state index in [1.165, 1.54) is 6.07 Å². The number of aromatic nitrogens is 1. The zero-order chi connectivity index (χ0) is 10.8. The van der Waals surface area contributed by atoms with E-state index in [0.29, 0.717) is 6.61 Å². The fourth-order valence-electron chi connectivity index (χ4n) is 1.53. The van der Waals surface area contributed by atoms with Crippen molar-refractivity contribution in [2.24, 2.45) is 0 Å². The first-order valence-electron chi connectivity index (χ1n) is 4.45. The third-order valence-electron chi connectivity index (χ3n) is 2.17. The number of benzene rings is 1. The van der Waals surface area contributed by atoms with Gasteiger partial charge in [0.15, 0.2) is 0 Å². The second-order valence-electron chi connectivity index (χ2n) is 3.26. The number of H-pyrrole nitrogens is 1. The first-order chi connectivity index (χ1) is 7.20. The minimum absolute atomic E-state index is 0.102. The van der Waals surface area contributed by atoms with Gasteiger partial charge in [-0.15, -0.1) is 0 Å². The molecule has 5 nitrogen and oxygen atoms in total. The van der Waals surface area contributed by atoms with Crippen LogP contribution >= 0.6 is 0 Å². The molecule has 0 aliphatic heterocycles. The third kappa shape index (κ3) is 1.82. The molecule has 78 valence electrons. The lowest BCUT2D eigenvalue weighted by molar-refractivity contribution is -0.384. The molecular weight excluding hydrogens is 196 g/mol. The summed E-state index contributed by atoms with van der Waals surface area (Å²) >= 11 is 0. The summed E-state index contributed by atoms with van der Waals surface area (Å²) in [5, 5.41) is 11.4. The Labute approximate surface area is 85.8 Å². The molecule has 0 aliphatic carbocycles. The molecular formula is C10H10N2O3. The topological polar surface area (TPSA) is 68.2 Å². The van der Waals surface area contributed by atoms with Gasteiger partial charge < -0.3 is 9.72 Å². The van der Waals surface area contributed by atoms with Gasteiger partial charge in [-0.3, -0.25) is 10.1 Å². The number of non-ortho nitro benzene ring substituents is 1. The fourth-order valence-corrected chi connectivity index (χ4v) is 1.53. The van der Waals surface area contributed by atoms with Gasteiger partial charge in [0.1, 0.15) is 0 Å². The molecule has 0 amide bonds. The Morgan fingerprint density at radius 1 is 1.47 bits per heavy atom. The first kappa shape index (κ1) is 9.67. The maximum atomic E-state index is 10.5. The number of rotatable bonds is 3. The van der Waals surface area contributed by atoms with Crippen LogP contribution in [0.4, 0.5) is 5.69 Å². The molecule has 1 N–H and O–H groups in total. The molecule has 5 heteroatoms. The van der Waals surface area contributed by atoms with Crippen LogP contribution < -0.4 is 0 Å². The van der Waals surface area contributed by atoms with Crippen molar-refractivity contribution in [2.45, 2.75) is 6.61 Å². The molecule has 15 heavy (non-hydrogen) atoms. The van der Waals surface area contributed by atoms with E-state index in [1.807, 2.05) is 6.07 Å². The summed E-state index contributed by atoms with van der Waals surface area (Å²) < 4.78 is 4.97. The molecule has 0 saturated carbocycles. The Bertz CT molecular complexity index is 504. The normalized spacial score (nSPS) is 10.7. The van der Waals surface area contributed by atoms with Gasteiger partial charge in [-0.05, 0) is 12.1 Å². The molecule has 1 heterocycles. The average Bonchev–Trinajstić information content (AvgIpc) is 2.59. The van der Waals surface area contributed by atoms with E-state index < -0.39 is 4.92 Å². The smallest absolute Gasteiger partial charge is 0.270 e. The summed E-state index contributed by atoms with van der Waals surface area (Å²) in [6.07, 6.45) is 0. The number of fused-ring (bicyclic) bond motifs is 1. The zero-order valence-electron chi connectivity index (χ0n) is 8.19. The Kier molecular flexibility index (Phi) is 2.39. The Hall–Kier alpha value is -1.88. The molecule has 0 saturated heterocycles. The summed E-state index contributed by atoms with van der Waals surface area (Å²) in [4.78, 5) is 13.3. The van der Waals surface area contributed by atoms with Gasteiger partial charge in [0.05, 0.1) is 11.5 Å². The lowest BCUT2D eigenvalue weighted by atomic mass is 10.2. The minimum atomic E-state index is -0.400. The average molecular weight is 206 g/mol. The molecule has 0 aliphatic rings. The van der Waals surface area contributed by atoms with E-state index in [2.05, 4.69) is 4.98 Å². The highest BCUT2D eigenvalue weighted by molar-refractivity contribution is 5.82. The molecule has 0 radical (unpaired) electrons. The number of nitrogens with one attached hydrogen (secondary N) is 1. The number of aromatic amines is 1. The second kappa shape index (κ2) is 3.70. The number of hydrogen-bond donors (Lipinski definition) is 1. The van der Waals surface area contributed by atoms with Crippen LogP contribution in [-0.4, -0.2) is 17.0 Å². The lowest BCUT2D eigenvalue weighted by Gasteiger charge is -1.91. The number of hydrogen-bond acceptors (Lipinski definition) is 3. The number of ether oxygens (including phenoxy) is 1. The standard InChI is InChI=1S/C10H10N2O3/c1-15-6-8-4-7-5-9(12(13)14)2-3-10(7)11-8/h2-5,11H,6H2,1H3. The quantitative estimate of drug-likeness (QED) is 0.618. The number of nitrogens with zero attached hydrogens (tertiary/aromatic N) is 1. The van der Waals surface area contributed by atoms with Crippen molar-refractivity contribution in [1.29, 1.82) is 0 Å². The van der Waals surface area contributed by atoms with Crippen molar-refractivity contribution in [3.8, 4) is 0 Å². The van der Waals surface area contributed by atoms with E-state index in [4.69, 9.17) is 4.74 Å². The largest absolute Gasteiger partial charge is 0.378 e. The Balaban J connectivity index is 2.47. The van der Waals surface area contributed by atoms with Crippen molar-refractivity contribution < 1.29 is 9.66 Å². The number of methoxy groups -OCH3 is 1. The first-order valence-corrected chi connectivity index (χ1v) is 4.45. The predicted octanol–water partition coefficient (Wildman–Crippen LogP) is 2.22. The van der Waals surface area contributed by atoms with Crippen LogP contribution in [0.3, 0.4) is 0 Å². The highest BCUT2D eigenvalue weighted by Crippen LogP contribution is 2.21. The number of nitro groups is 1. The highest BCUT2D eigenvalue weighted by atomic mass is 16.6. The van der Waals surface area contributed by atoms with Gasteiger partial charge in [0, 0.05) is 35.8 Å². The van der Waals surface area contributed by atoms with Crippen LogP contribution in [0.1, 0.15) is 5.69 Å². The molecule has 0 unspecified atom stereocenters. The Morgan fingerprint density at radius 2 is 2.27 bits per heavy atom. The monoisotopic (exact) mass is 206 g/mol. The minimum Gasteiger partial charge on any atom is -0.378 e. The summed E-state index contributed by atoms with van der Waals surface area (Å²) in [6.45, 7) is 0.475. The van der Waals surface area contributed by atoms with Crippen LogP contribution in [0.2, 0.25) is 0 Å². The van der Waals surface area contributed by atoms with Gasteiger partial charge in [0.2, 0.25) is 0 Å². The molecule has 0 fully saturated rings. The van der Waals surface area contributed by atoms with Crippen molar-refractivity contribution in [1.82, 2.24) is 4.98 Å². The van der Waals surface area contributed by atoms with E-state index in [1.54, 1.807) is 19.2 Å². The Morgan fingerprint density at radius 3 is 2.93 bits per heavy atom. The van der Waals surface area contributed by atoms with Crippen LogP contribution in [0.25, 0.3) is 10.9 Å². The molecule has 1 aromatic carbocycles. The molecule has 2 rings (SSSR count). The molecule has 1 aromatic heterocycles. The van der Waals surface area contributed by atoms with Gasteiger partial charge >= 0.3 is 0 Å². The van der Waals surface area contributed by atoms with Gasteiger partial charge in [-0.2, -0.15) is 0 Å². The third-order valence-corrected chi connectivity index (χ3v) is 2.17. The van der Waals surface area contributed by atoms with Gasteiger partial charge in [-0.1, -0.05) is 0 Å². The van der Waals surface area contributed by atoms with E-state index in [9.17, 15) is 10.1 Å². The van der Waals surface area contributed by atoms with Crippen LogP contribution in [-0.2, 0) is 11.3 Å². The van der Waals surface area contributed by atoms with E-state index in [-0.39, 0.29) is 5.69 Å². The van der Waals surface area contributed by atoms with Crippen LogP contribution in [0.5, 0.6) is 0 Å². The SMILES string of the molecule is COCc1cc2cc([N+](=O)[O-])ccc2[nH]1. The van der Waals surface area contributed by atoms with Crippen LogP contribution in [0.15, 0.2) is 24.3 Å². The molecule has 0 spiro atoms. The summed E-state index contributed by atoms with van der Waals surface area (Å²) in [5.41, 5.74) is 1.89. The fraction of sp³-hybridized carbons (Fsp3) is 0.200. The lowest BCUT2D eigenvalue weighted by Crippen LogP contribution is -1.86. The van der Waals surface area contributed by atoms with Gasteiger partial charge in [-0.25, -0.2) is 0 Å². The van der Waals surface area contributed by atoms with Crippen LogP contribution in [0, 0.1) is 10.1 Å². The van der Waals surface area contributed by atoms with Crippen molar-refractivity contribution in [3.05, 3.63) is 40.1 Å². The maximum Gasteiger partial charge on any atom is 0.270 e. The summed E-state index contributed by atoms with van der Waals surface area (Å²) in [6, 6.07) is 6.58. The van der Waals surface area contributed by atoms with Gasteiger partial charge in [0.25, 0.3) is 5.69 Å². The number of nitro benzene ring substituents is 1. The molecule has 0 bridgehead atoms. The van der Waals surface area contributed by atoms with Crippen molar-refractivity contribution in [2.75, 3.05) is 7.11 Å². The van der Waals surface area contributed by atoms with Crippen molar-refractivity contribution >= 4 is 16.6 Å². The zero-order valence-corrected chi connectivity index (χ0v) is 8.19. The van der Waals surface area contributed by atoms with E-state index >= 15 is 0 Å². The summed E-state index contributed by atoms with van der Waals surface area (Å²) in [7, 11) is 1.61. The predicted molar refractivity (Wildman–Crippen MR) is 55.7 cm³/mol.